The van der Waals surface area contributed by atoms with Crippen LogP contribution in [0.5, 0.6) is 5.75 Å². The number of likely N-dealkylation sites (N-methyl/N-ethyl adjacent to an activating group) is 1. The number of aromatic nitrogens is 10. The van der Waals surface area contributed by atoms with Crippen LogP contribution in [-0.2, 0) is 108 Å². The maximum absolute atomic E-state index is 13.5. The number of methoxy groups -OCH3 is 1. The van der Waals surface area contributed by atoms with Crippen LogP contribution in [0.25, 0.3) is 5.69 Å². The van der Waals surface area contributed by atoms with Gasteiger partial charge < -0.3 is 43.8 Å². The number of carbonyl (C=O) groups excluding carboxylic acids is 5. The highest BCUT2D eigenvalue weighted by molar-refractivity contribution is 5.97. The van der Waals surface area contributed by atoms with Crippen molar-refractivity contribution in [2.75, 3.05) is 139 Å². The predicted molar refractivity (Wildman–Crippen MR) is 566 cm³/mol. The molecule has 5 atom stereocenters. The van der Waals surface area contributed by atoms with Crippen LogP contribution in [0.4, 0.5) is 0 Å². The third kappa shape index (κ3) is 27.9. The zero-order valence-electron chi connectivity index (χ0n) is 88.3. The summed E-state index contributed by atoms with van der Waals surface area (Å²) in [6.45, 7) is 27.3. The number of hydrogen-bond acceptors (Lipinski definition) is 15. The van der Waals surface area contributed by atoms with Gasteiger partial charge in [-0.3, -0.25) is 47.6 Å². The molecule has 3 aromatic carbocycles. The molecule has 5 aliphatic carbocycles. The molecule has 0 saturated carbocycles. The first kappa shape index (κ1) is 106. The van der Waals surface area contributed by atoms with Crippen molar-refractivity contribution in [3.05, 3.63) is 181 Å². The van der Waals surface area contributed by atoms with E-state index in [0.29, 0.717) is 35.2 Å². The summed E-state index contributed by atoms with van der Waals surface area (Å²) in [5.41, 5.74) is 20.3. The molecular weight excluding hydrogens is 1770 g/mol. The number of carbonyl (C=O) groups is 5. The van der Waals surface area contributed by atoms with E-state index in [4.69, 9.17) is 29.9 Å². The second-order valence-corrected chi connectivity index (χ2v) is 43.7. The molecule has 5 amide bonds. The number of morpholine rings is 1. The number of para-hydroxylation sites is 1. The maximum atomic E-state index is 13.5. The molecule has 5 aromatic heterocycles. The molecule has 25 heteroatoms. The highest BCUT2D eigenvalue weighted by Gasteiger charge is 2.39. The largest absolute Gasteiger partial charge is 0.497 e. The number of fused-ring (bicyclic) bond motifs is 5. The Balaban J connectivity index is 0.000000128. The van der Waals surface area contributed by atoms with Gasteiger partial charge in [0, 0.05) is 168 Å². The molecule has 12 heterocycles. The molecule has 0 N–H and O–H groups in total. The smallest absolute Gasteiger partial charge is 0.274 e. The lowest BCUT2D eigenvalue weighted by atomic mass is 9.82. The maximum Gasteiger partial charge on any atom is 0.274 e. The number of nitrogens with zero attached hydrogens (tertiary/aromatic N) is 18. The molecule has 5 unspecified atom stereocenters. The topological polar surface area (TPSA) is 219 Å². The minimum Gasteiger partial charge on any atom is -0.497 e. The number of rotatable bonds is 30. The van der Waals surface area contributed by atoms with Crippen LogP contribution in [-0.4, -0.2) is 263 Å². The standard InChI is InChI=1S/C28H33N3O.C25H42N4O.C23H38N4O2.C23H31N3O2.C18H30N4O/c32-28(30-19-8-3-9-20-30)27-25-21-23(14-10-13-22-11-4-1-5-12-22)17-18-26(25)31(29-27)24-15-6-2-7-16-24;1-2-14-29-23-13-12-21(11-5-10-17-27-15-6-3-7-16-27)20-22(23)24(26-29)25(30)28-18-8-4-9-19-28;1-2-10-27-21-9-8-19(7-6-11-25-14-16-29-17-15-25)18-20(21)22(24-27)23(28)26-12-4-3-5-13-26;1-25-21-13-10-18(7-6-17-8-11-19(28-2)12-9-17)16-20(21)22(24-25)23(27)26-14-4-3-5-15-26;1-4-10-22-16-9-8-14(20(2)3)13-15(16)17(19-22)18(23)21-11-6-5-7-12-21/h1-2,4-7,11-12,15-16,23H,3,8-10,13-14,17-21H2;21H,2-20H2,1H3;19H,2-18H2,1H3;8-9,11-12,18H,3-7,10,13-16H2,1-2H3;14H,4-13H2,1-3H3. The number of benzene rings is 3. The van der Waals surface area contributed by atoms with Gasteiger partial charge in [-0.15, -0.1) is 0 Å². The average molecular weight is 1940 g/mol. The van der Waals surface area contributed by atoms with Crippen LogP contribution in [0.3, 0.4) is 0 Å². The molecule has 25 nitrogen and oxygen atoms in total. The SMILES string of the molecule is CCCn1nc(C(=O)N2CCCCC2)c2c1CCC(CCCCN1CCCCC1)C2.CCCn1nc(C(=O)N2CCCCC2)c2c1CCC(CCCN1CCOCC1)C2.CCCn1nc(C(=O)N2CCCCC2)c2c1CCC(N(C)C)C2.COc1ccc(CCC2CCc3c(c(C(=O)N4CCCCC4)nn3C)C2)cc1.O=C(c1nn(-c2ccccc2)c2c1CC(CCCc1ccccc1)CC2)N1CCCCC1. The normalized spacial score (nSPS) is 21.0. The van der Waals surface area contributed by atoms with Gasteiger partial charge in [0.05, 0.1) is 26.0 Å². The van der Waals surface area contributed by atoms with Gasteiger partial charge in [0.2, 0.25) is 0 Å². The Morgan fingerprint density at radius 1 is 0.345 bits per heavy atom. The summed E-state index contributed by atoms with van der Waals surface area (Å²) >= 11 is 0. The van der Waals surface area contributed by atoms with E-state index < -0.39 is 0 Å². The lowest BCUT2D eigenvalue weighted by Gasteiger charge is -2.30. The first-order chi connectivity index (χ1) is 69.6. The van der Waals surface area contributed by atoms with Gasteiger partial charge in [-0.1, -0.05) is 101 Å². The van der Waals surface area contributed by atoms with Crippen molar-refractivity contribution < 1.29 is 33.4 Å². The highest BCUT2D eigenvalue weighted by Crippen LogP contribution is 2.40. The predicted octanol–water partition coefficient (Wildman–Crippen LogP) is 19.6. The minimum absolute atomic E-state index is 0.139. The fraction of sp³-hybridized carbons (Fsp3) is 0.675. The van der Waals surface area contributed by atoms with Crippen LogP contribution in [0.2, 0.25) is 0 Å². The summed E-state index contributed by atoms with van der Waals surface area (Å²) in [7, 11) is 7.96. The summed E-state index contributed by atoms with van der Waals surface area (Å²) in [4.78, 5) is 83.7. The Morgan fingerprint density at radius 2 is 0.697 bits per heavy atom. The molecule has 0 radical (unpaired) electrons. The van der Waals surface area contributed by atoms with Gasteiger partial charge in [0.15, 0.2) is 28.5 Å². The number of hydrogen-bond donors (Lipinski definition) is 0. The summed E-state index contributed by atoms with van der Waals surface area (Å²) < 4.78 is 21.1. The number of unbranched alkanes of at least 4 members (excludes halogenated alkanes) is 1. The third-order valence-electron chi connectivity index (χ3n) is 33.3. The van der Waals surface area contributed by atoms with Crippen molar-refractivity contribution in [3.63, 3.8) is 0 Å². The van der Waals surface area contributed by atoms with E-state index in [1.807, 2.05) is 66.3 Å². The van der Waals surface area contributed by atoms with E-state index in [9.17, 15) is 24.0 Å². The van der Waals surface area contributed by atoms with E-state index in [1.165, 1.54) is 216 Å². The van der Waals surface area contributed by atoms with Crippen molar-refractivity contribution in [2.24, 2.45) is 30.7 Å². The Morgan fingerprint density at radius 3 is 1.14 bits per heavy atom. The molecule has 7 aliphatic heterocycles. The number of likely N-dealkylation sites (tertiary alicyclic amines) is 6. The van der Waals surface area contributed by atoms with E-state index in [-0.39, 0.29) is 29.5 Å². The molecular formula is C117H174N18O7. The van der Waals surface area contributed by atoms with E-state index in [2.05, 4.69) is 128 Å². The van der Waals surface area contributed by atoms with Crippen molar-refractivity contribution in [2.45, 2.75) is 342 Å². The fourth-order valence-electron chi connectivity index (χ4n) is 25.0. The Bertz CT molecular complexity index is 5260. The Kier molecular flexibility index (Phi) is 39.9. The summed E-state index contributed by atoms with van der Waals surface area (Å²) in [5, 5.41) is 24.0. The molecule has 0 bridgehead atoms. The summed E-state index contributed by atoms with van der Waals surface area (Å²) in [5.74, 6) is 4.41. The molecule has 142 heavy (non-hydrogen) atoms. The monoisotopic (exact) mass is 1940 g/mol. The van der Waals surface area contributed by atoms with Crippen LogP contribution >= 0.6 is 0 Å². The van der Waals surface area contributed by atoms with Gasteiger partial charge in [-0.05, 0) is 375 Å². The number of aryl methyl sites for hydroxylation is 6. The van der Waals surface area contributed by atoms with Gasteiger partial charge >= 0.3 is 0 Å². The quantitative estimate of drug-likeness (QED) is 0.0382. The second kappa shape index (κ2) is 53.7. The third-order valence-corrected chi connectivity index (χ3v) is 33.3. The molecule has 7 fully saturated rings. The zero-order chi connectivity index (χ0) is 98.5. The molecule has 7 saturated heterocycles. The average Bonchev–Trinajstić information content (AvgIpc) is 1.62. The first-order valence-corrected chi connectivity index (χ1v) is 56.9. The lowest BCUT2D eigenvalue weighted by Crippen LogP contribution is -2.38. The molecule has 12 aliphatic rings. The van der Waals surface area contributed by atoms with Crippen molar-refractivity contribution in [1.82, 2.24) is 88.1 Å². The van der Waals surface area contributed by atoms with E-state index in [1.54, 1.807) is 7.11 Å². The van der Waals surface area contributed by atoms with Crippen LogP contribution in [0.15, 0.2) is 84.9 Å². The van der Waals surface area contributed by atoms with Gasteiger partial charge in [0.1, 0.15) is 5.75 Å². The highest BCUT2D eigenvalue weighted by atomic mass is 16.5. The summed E-state index contributed by atoms with van der Waals surface area (Å²) in [6.07, 6.45) is 53.4. The van der Waals surface area contributed by atoms with Crippen LogP contribution < -0.4 is 4.74 Å². The van der Waals surface area contributed by atoms with Gasteiger partial charge in [-0.2, -0.15) is 25.5 Å². The molecule has 0 spiro atoms. The molecule has 8 aromatic rings. The Hall–Kier alpha value is -9.30. The zero-order valence-corrected chi connectivity index (χ0v) is 88.3. The second-order valence-electron chi connectivity index (χ2n) is 43.7. The van der Waals surface area contributed by atoms with Crippen molar-refractivity contribution in [3.8, 4) is 11.4 Å². The van der Waals surface area contributed by atoms with Gasteiger partial charge in [0.25, 0.3) is 29.5 Å². The van der Waals surface area contributed by atoms with Gasteiger partial charge in [-0.25, -0.2) is 4.68 Å². The summed E-state index contributed by atoms with van der Waals surface area (Å²) in [6, 6.07) is 30.0. The van der Waals surface area contributed by atoms with Crippen LogP contribution in [0.1, 0.15) is 359 Å². The number of amides is 5. The van der Waals surface area contributed by atoms with E-state index in [0.717, 1.165) is 319 Å². The minimum atomic E-state index is 0.139. The number of piperidine rings is 6. The molecule has 20 rings (SSSR count). The fourth-order valence-corrected chi connectivity index (χ4v) is 25.0. The first-order valence-electron chi connectivity index (χ1n) is 56.9. The van der Waals surface area contributed by atoms with Crippen molar-refractivity contribution in [1.29, 1.82) is 0 Å². The molecule has 774 valence electrons. The lowest BCUT2D eigenvalue weighted by molar-refractivity contribution is 0.0366. The van der Waals surface area contributed by atoms with Crippen molar-refractivity contribution >= 4 is 29.5 Å². The number of ether oxygens (including phenoxy) is 2. The Labute approximate surface area is 850 Å². The van der Waals surface area contributed by atoms with Crippen LogP contribution in [0, 0.1) is 23.7 Å². The van der Waals surface area contributed by atoms with E-state index >= 15 is 0 Å².